The van der Waals surface area contributed by atoms with Gasteiger partial charge in [0.1, 0.15) is 5.75 Å². The first kappa shape index (κ1) is 18.2. The zero-order valence-corrected chi connectivity index (χ0v) is 16.8. The highest BCUT2D eigenvalue weighted by atomic mass is 16.5. The summed E-state index contributed by atoms with van der Waals surface area (Å²) < 4.78 is 10.9. The first-order valence-electron chi connectivity index (χ1n) is 10.4. The van der Waals surface area contributed by atoms with Crippen molar-refractivity contribution in [2.45, 2.75) is 63.6 Å². The highest BCUT2D eigenvalue weighted by Gasteiger charge is 2.67. The Balaban J connectivity index is 1.53. The second-order valence-corrected chi connectivity index (χ2v) is 9.29. The van der Waals surface area contributed by atoms with E-state index in [9.17, 15) is 10.2 Å². The molecule has 0 unspecified atom stereocenters. The third kappa shape index (κ3) is 2.23. The van der Waals surface area contributed by atoms with Gasteiger partial charge in [-0.25, -0.2) is 0 Å². The fourth-order valence-electron chi connectivity index (χ4n) is 6.69. The molecule has 3 aliphatic rings. The second kappa shape index (κ2) is 6.07. The molecule has 0 spiro atoms. The molecule has 0 saturated heterocycles. The lowest BCUT2D eigenvalue weighted by atomic mass is 9.53. The van der Waals surface area contributed by atoms with E-state index in [0.717, 1.165) is 37.1 Å². The topological polar surface area (TPSA) is 75.7 Å². The molecule has 5 rings (SSSR count). The van der Waals surface area contributed by atoms with Crippen molar-refractivity contribution in [3.63, 3.8) is 0 Å². The highest BCUT2D eigenvalue weighted by molar-refractivity contribution is 5.41. The minimum atomic E-state index is -1.37. The van der Waals surface area contributed by atoms with Gasteiger partial charge in [-0.05, 0) is 80.0 Å². The van der Waals surface area contributed by atoms with E-state index < -0.39 is 17.1 Å². The highest BCUT2D eigenvalue weighted by Crippen LogP contribution is 2.67. The summed E-state index contributed by atoms with van der Waals surface area (Å²) in [4.78, 5) is 0. The first-order valence-corrected chi connectivity index (χ1v) is 10.4. The van der Waals surface area contributed by atoms with E-state index >= 15 is 0 Å². The Morgan fingerprint density at radius 1 is 1.25 bits per heavy atom. The molecule has 1 aromatic carbocycles. The second-order valence-electron chi connectivity index (χ2n) is 9.29. The van der Waals surface area contributed by atoms with Crippen LogP contribution in [0.25, 0.3) is 0 Å². The molecule has 2 aromatic rings. The number of aryl methyl sites for hydroxylation is 2. The number of aromatic nitrogens is 1. The van der Waals surface area contributed by atoms with Gasteiger partial charge < -0.3 is 19.5 Å². The normalized spacial score (nSPS) is 39.2. The molecule has 0 amide bonds. The molecule has 1 heterocycles. The predicted molar refractivity (Wildman–Crippen MR) is 104 cm³/mol. The molecule has 2 saturated carbocycles. The van der Waals surface area contributed by atoms with E-state index in [4.69, 9.17) is 9.26 Å². The van der Waals surface area contributed by atoms with Gasteiger partial charge in [-0.1, -0.05) is 18.1 Å². The third-order valence-electron chi connectivity index (χ3n) is 8.16. The maximum absolute atomic E-state index is 11.8. The molecule has 1 aromatic heterocycles. The van der Waals surface area contributed by atoms with Crippen LogP contribution in [0.4, 0.5) is 0 Å². The molecule has 3 aliphatic carbocycles. The van der Waals surface area contributed by atoms with E-state index in [1.807, 2.05) is 6.92 Å². The largest absolute Gasteiger partial charge is 0.497 e. The molecule has 6 atom stereocenters. The third-order valence-corrected chi connectivity index (χ3v) is 8.16. The summed E-state index contributed by atoms with van der Waals surface area (Å²) >= 11 is 0. The zero-order valence-electron chi connectivity index (χ0n) is 16.8. The molecule has 150 valence electrons. The Morgan fingerprint density at radius 2 is 2.07 bits per heavy atom. The first-order chi connectivity index (χ1) is 13.4. The van der Waals surface area contributed by atoms with Crippen molar-refractivity contribution < 1.29 is 19.5 Å². The average molecular weight is 383 g/mol. The van der Waals surface area contributed by atoms with Crippen LogP contribution >= 0.6 is 0 Å². The van der Waals surface area contributed by atoms with Gasteiger partial charge in [-0.3, -0.25) is 0 Å². The summed E-state index contributed by atoms with van der Waals surface area (Å²) in [7, 11) is 1.71. The fraction of sp³-hybridized carbons (Fsp3) is 0.609. The molecular weight excluding hydrogens is 354 g/mol. The number of rotatable bonds is 2. The van der Waals surface area contributed by atoms with Gasteiger partial charge in [-0.15, -0.1) is 0 Å². The summed E-state index contributed by atoms with van der Waals surface area (Å²) in [5.74, 6) is 2.55. The van der Waals surface area contributed by atoms with Gasteiger partial charge in [0.2, 0.25) is 0 Å². The molecular formula is C23H29NO4. The van der Waals surface area contributed by atoms with Gasteiger partial charge in [-0.2, -0.15) is 0 Å². The molecule has 28 heavy (non-hydrogen) atoms. The van der Waals surface area contributed by atoms with Crippen LogP contribution in [-0.4, -0.2) is 28.6 Å². The molecule has 2 N–H and O–H groups in total. The predicted octanol–water partition coefficient (Wildman–Crippen LogP) is 3.71. The fourth-order valence-corrected chi connectivity index (χ4v) is 6.69. The van der Waals surface area contributed by atoms with Gasteiger partial charge >= 0.3 is 0 Å². The Labute approximate surface area is 165 Å². The van der Waals surface area contributed by atoms with Crippen molar-refractivity contribution in [2.75, 3.05) is 7.11 Å². The molecule has 5 nitrogen and oxygen atoms in total. The van der Waals surface area contributed by atoms with Crippen LogP contribution in [0.5, 0.6) is 5.75 Å². The van der Waals surface area contributed by atoms with Crippen molar-refractivity contribution in [1.82, 2.24) is 5.16 Å². The Morgan fingerprint density at radius 3 is 2.79 bits per heavy atom. The summed E-state index contributed by atoms with van der Waals surface area (Å²) in [6.07, 6.45) is 3.77. The number of benzene rings is 1. The summed E-state index contributed by atoms with van der Waals surface area (Å²) in [6, 6.07) is 8.25. The van der Waals surface area contributed by atoms with E-state index in [-0.39, 0.29) is 5.92 Å². The van der Waals surface area contributed by atoms with Gasteiger partial charge in [0.05, 0.1) is 18.9 Å². The maximum Gasteiger partial charge on any atom is 0.171 e. The molecule has 5 heteroatoms. The number of nitrogens with zero attached hydrogens (tertiary/aromatic N) is 1. The van der Waals surface area contributed by atoms with Crippen LogP contribution < -0.4 is 4.74 Å². The van der Waals surface area contributed by atoms with Gasteiger partial charge in [0.25, 0.3) is 0 Å². The Bertz CT molecular complexity index is 908. The van der Waals surface area contributed by atoms with Gasteiger partial charge in [0.15, 0.2) is 11.4 Å². The monoisotopic (exact) mass is 383 g/mol. The number of ether oxygens (including phenoxy) is 1. The summed E-state index contributed by atoms with van der Waals surface area (Å²) in [5, 5.41) is 26.7. The summed E-state index contributed by atoms with van der Waals surface area (Å²) in [6.45, 7) is 3.99. The van der Waals surface area contributed by atoms with E-state index in [0.29, 0.717) is 24.0 Å². The van der Waals surface area contributed by atoms with Crippen LogP contribution in [-0.2, 0) is 12.0 Å². The minimum absolute atomic E-state index is 0.256. The smallest absolute Gasteiger partial charge is 0.171 e. The molecule has 0 radical (unpaired) electrons. The zero-order chi connectivity index (χ0) is 19.7. The van der Waals surface area contributed by atoms with Crippen LogP contribution in [0.2, 0.25) is 0 Å². The van der Waals surface area contributed by atoms with E-state index in [1.54, 1.807) is 13.2 Å². The van der Waals surface area contributed by atoms with Crippen LogP contribution in [0.15, 0.2) is 28.8 Å². The lowest BCUT2D eigenvalue weighted by Crippen LogP contribution is -2.51. The standard InChI is InChI=1S/C23H29NO4/c1-13-10-21(28-24-13)23(26)20(25)12-19-18-6-4-14-11-15(27-3)5-7-16(14)17(18)8-9-22(19,23)2/h5,7,10-11,17-20,25-26H,4,6,8-9,12H2,1-3H3/t17-,18-,19+,20-,22+,23+/m1/s1. The van der Waals surface area contributed by atoms with E-state index in [1.165, 1.54) is 11.1 Å². The summed E-state index contributed by atoms with van der Waals surface area (Å²) in [5.41, 5.74) is 1.77. The quantitative estimate of drug-likeness (QED) is 0.827. The van der Waals surface area contributed by atoms with E-state index in [2.05, 4.69) is 30.3 Å². The Kier molecular flexibility index (Phi) is 3.95. The lowest BCUT2D eigenvalue weighted by Gasteiger charge is -2.52. The molecule has 2 fully saturated rings. The SMILES string of the molecule is COc1ccc2c(c1)CC[C@@H]1[C@@H]2CC[C@@]2(C)[C@H]1C[C@@H](O)[C@]2(O)c1cc(C)no1. The maximum atomic E-state index is 11.8. The number of hydrogen-bond donors (Lipinski definition) is 2. The molecule has 0 bridgehead atoms. The minimum Gasteiger partial charge on any atom is -0.497 e. The van der Waals surface area contributed by atoms with Crippen molar-refractivity contribution in [3.05, 3.63) is 46.8 Å². The number of aliphatic hydroxyl groups is 2. The van der Waals surface area contributed by atoms with Crippen molar-refractivity contribution in [1.29, 1.82) is 0 Å². The van der Waals surface area contributed by atoms with Gasteiger partial charge in [0, 0.05) is 11.5 Å². The number of methoxy groups -OCH3 is 1. The van der Waals surface area contributed by atoms with Crippen molar-refractivity contribution in [3.8, 4) is 5.75 Å². The van der Waals surface area contributed by atoms with Crippen LogP contribution in [0.3, 0.4) is 0 Å². The number of hydrogen-bond acceptors (Lipinski definition) is 5. The lowest BCUT2D eigenvalue weighted by molar-refractivity contribution is -0.161. The van der Waals surface area contributed by atoms with Crippen LogP contribution in [0, 0.1) is 24.2 Å². The number of fused-ring (bicyclic) bond motifs is 5. The van der Waals surface area contributed by atoms with Crippen molar-refractivity contribution in [2.24, 2.45) is 17.3 Å². The average Bonchev–Trinajstić information content (AvgIpc) is 3.22. The van der Waals surface area contributed by atoms with Crippen LogP contribution in [0.1, 0.15) is 61.1 Å². The molecule has 0 aliphatic heterocycles. The Hall–Kier alpha value is -1.85. The van der Waals surface area contributed by atoms with Crippen molar-refractivity contribution >= 4 is 0 Å². The number of aliphatic hydroxyl groups excluding tert-OH is 1.